The van der Waals surface area contributed by atoms with Gasteiger partial charge in [0.1, 0.15) is 18.1 Å². The molecule has 2 aromatic carbocycles. The minimum atomic E-state index is -0.836. The Balaban J connectivity index is 1.88. The van der Waals surface area contributed by atoms with Gasteiger partial charge < -0.3 is 14.5 Å². The number of unbranched alkanes of at least 4 members (excludes halogenated alkanes) is 1. The summed E-state index contributed by atoms with van der Waals surface area (Å²) in [6.07, 6.45) is 6.93. The quantitative estimate of drug-likeness (QED) is 0.253. The molecule has 1 aromatic heterocycles. The molecule has 3 aromatic rings. The van der Waals surface area contributed by atoms with E-state index in [1.807, 2.05) is 35.0 Å². The van der Waals surface area contributed by atoms with Crippen molar-refractivity contribution in [3.63, 3.8) is 0 Å². The van der Waals surface area contributed by atoms with Crippen LogP contribution in [0.5, 0.6) is 0 Å². The highest BCUT2D eigenvalue weighted by Gasteiger charge is 2.22. The van der Waals surface area contributed by atoms with Crippen LogP contribution >= 0.6 is 11.6 Å². The molecule has 1 unspecified atom stereocenters. The van der Waals surface area contributed by atoms with Crippen molar-refractivity contribution >= 4 is 23.3 Å². The third-order valence-corrected chi connectivity index (χ3v) is 4.93. The Morgan fingerprint density at radius 2 is 2.03 bits per heavy atom. The highest BCUT2D eigenvalue weighted by atomic mass is 35.5. The van der Waals surface area contributed by atoms with E-state index in [1.54, 1.807) is 24.7 Å². The maximum absolute atomic E-state index is 13.5. The number of hydrogen-bond donors (Lipinski definition) is 1. The van der Waals surface area contributed by atoms with Gasteiger partial charge in [-0.2, -0.15) is 0 Å². The molecule has 6 nitrogen and oxygen atoms in total. The van der Waals surface area contributed by atoms with Crippen molar-refractivity contribution < 1.29 is 19.1 Å². The fourth-order valence-electron chi connectivity index (χ4n) is 3.17. The fraction of sp³-hybridized carbons (Fsp3) is 0.261. The Hall–Kier alpha value is -3.19. The van der Waals surface area contributed by atoms with Crippen LogP contribution in [-0.2, 0) is 16.1 Å². The third kappa shape index (κ3) is 6.93. The van der Waals surface area contributed by atoms with Gasteiger partial charge in [0.05, 0.1) is 12.4 Å². The maximum Gasteiger partial charge on any atom is 0.303 e. The van der Waals surface area contributed by atoms with E-state index in [0.29, 0.717) is 35.6 Å². The molecule has 8 heteroatoms. The number of benzene rings is 2. The van der Waals surface area contributed by atoms with Crippen LogP contribution in [0, 0.1) is 5.82 Å². The lowest BCUT2D eigenvalue weighted by Crippen LogP contribution is -2.23. The summed E-state index contributed by atoms with van der Waals surface area (Å²) in [4.78, 5) is 20.4. The molecule has 0 aliphatic rings. The molecule has 0 spiro atoms. The molecule has 0 aliphatic carbocycles. The number of aromatic nitrogens is 2. The summed E-state index contributed by atoms with van der Waals surface area (Å²) in [6.45, 7) is 0.284. The van der Waals surface area contributed by atoms with Crippen molar-refractivity contribution in [3.05, 3.63) is 89.2 Å². The van der Waals surface area contributed by atoms with Gasteiger partial charge in [0.15, 0.2) is 0 Å². The highest BCUT2D eigenvalue weighted by molar-refractivity contribution is 6.30. The normalized spacial score (nSPS) is 12.5. The number of rotatable bonds is 11. The maximum atomic E-state index is 13.5. The van der Waals surface area contributed by atoms with Crippen LogP contribution < -0.4 is 0 Å². The number of carbonyl (C=O) groups is 1. The predicted octanol–water partition coefficient (Wildman–Crippen LogP) is 5.14. The van der Waals surface area contributed by atoms with Crippen LogP contribution in [0.2, 0.25) is 5.02 Å². The molecular weight excluding hydrogens is 421 g/mol. The molecule has 31 heavy (non-hydrogen) atoms. The van der Waals surface area contributed by atoms with E-state index in [1.165, 1.54) is 12.1 Å². The number of nitrogens with zero attached hydrogens (tertiary/aromatic N) is 3. The van der Waals surface area contributed by atoms with Crippen LogP contribution in [0.25, 0.3) is 0 Å². The Bertz CT molecular complexity index is 1010. The molecule has 0 fully saturated rings. The first-order valence-corrected chi connectivity index (χ1v) is 10.3. The lowest BCUT2D eigenvalue weighted by molar-refractivity contribution is -0.137. The average Bonchev–Trinajstić information content (AvgIpc) is 3.27. The Morgan fingerprint density at radius 1 is 1.23 bits per heavy atom. The number of hydrogen-bond acceptors (Lipinski definition) is 4. The first-order valence-electron chi connectivity index (χ1n) is 9.92. The zero-order valence-electron chi connectivity index (χ0n) is 16.8. The second-order valence-electron chi connectivity index (χ2n) is 7.03. The summed E-state index contributed by atoms with van der Waals surface area (Å²) in [5, 5.41) is 13.8. The van der Waals surface area contributed by atoms with Crippen molar-refractivity contribution in [2.24, 2.45) is 5.16 Å². The topological polar surface area (TPSA) is 76.7 Å². The van der Waals surface area contributed by atoms with E-state index in [2.05, 4.69) is 10.1 Å². The lowest BCUT2D eigenvalue weighted by atomic mass is 9.96. The predicted molar refractivity (Wildman–Crippen MR) is 117 cm³/mol. The number of carboxylic acid groups (broad SMARTS) is 1. The summed E-state index contributed by atoms with van der Waals surface area (Å²) in [5.74, 6) is -1.18. The Kier molecular flexibility index (Phi) is 8.18. The number of aliphatic carboxylic acids is 1. The second kappa shape index (κ2) is 11.3. The van der Waals surface area contributed by atoms with E-state index >= 15 is 0 Å². The monoisotopic (exact) mass is 443 g/mol. The number of imidazole rings is 1. The molecule has 0 amide bonds. The number of oxime groups is 1. The van der Waals surface area contributed by atoms with Gasteiger partial charge in [0.25, 0.3) is 0 Å². The van der Waals surface area contributed by atoms with Crippen LogP contribution in [0.4, 0.5) is 4.39 Å². The van der Waals surface area contributed by atoms with E-state index in [-0.39, 0.29) is 24.9 Å². The first kappa shape index (κ1) is 22.5. The van der Waals surface area contributed by atoms with Crippen molar-refractivity contribution in [3.8, 4) is 0 Å². The Morgan fingerprint density at radius 3 is 2.71 bits per heavy atom. The molecule has 1 N–H and O–H groups in total. The molecule has 3 rings (SSSR count). The summed E-state index contributed by atoms with van der Waals surface area (Å²) in [6, 6.07) is 13.4. The molecule has 0 saturated carbocycles. The van der Waals surface area contributed by atoms with Crippen molar-refractivity contribution in [2.75, 3.05) is 6.61 Å². The van der Waals surface area contributed by atoms with Crippen molar-refractivity contribution in [1.82, 2.24) is 9.55 Å². The Labute approximate surface area is 184 Å². The van der Waals surface area contributed by atoms with Crippen LogP contribution in [-0.4, -0.2) is 32.9 Å². The SMILES string of the molecule is O=C(O)CCCCO/N=C(\c1ccc(F)cc1)C(Cc1cccc(Cl)c1)n1ccnc1. The minimum Gasteiger partial charge on any atom is -0.481 e. The smallest absolute Gasteiger partial charge is 0.303 e. The number of carboxylic acids is 1. The van der Waals surface area contributed by atoms with Gasteiger partial charge in [-0.1, -0.05) is 41.0 Å². The minimum absolute atomic E-state index is 0.0876. The van der Waals surface area contributed by atoms with E-state index in [9.17, 15) is 9.18 Å². The summed E-state index contributed by atoms with van der Waals surface area (Å²) >= 11 is 6.16. The lowest BCUT2D eigenvalue weighted by Gasteiger charge is -2.21. The molecule has 0 saturated heterocycles. The second-order valence-corrected chi connectivity index (χ2v) is 7.46. The molecule has 0 radical (unpaired) electrons. The zero-order valence-corrected chi connectivity index (χ0v) is 17.6. The highest BCUT2D eigenvalue weighted by Crippen LogP contribution is 2.23. The first-order chi connectivity index (χ1) is 15.0. The zero-order chi connectivity index (χ0) is 22.1. The summed E-state index contributed by atoms with van der Waals surface area (Å²) in [5.41, 5.74) is 2.33. The van der Waals surface area contributed by atoms with Crippen molar-refractivity contribution in [2.45, 2.75) is 31.7 Å². The van der Waals surface area contributed by atoms with Gasteiger partial charge in [0.2, 0.25) is 0 Å². The molecular formula is C23H23ClFN3O3. The third-order valence-electron chi connectivity index (χ3n) is 4.70. The van der Waals surface area contributed by atoms with Crippen molar-refractivity contribution in [1.29, 1.82) is 0 Å². The molecule has 0 bridgehead atoms. The summed E-state index contributed by atoms with van der Waals surface area (Å²) in [7, 11) is 0. The average molecular weight is 444 g/mol. The van der Waals surface area contributed by atoms with E-state index in [0.717, 1.165) is 5.56 Å². The van der Waals surface area contributed by atoms with Gasteiger partial charge in [0, 0.05) is 29.4 Å². The van der Waals surface area contributed by atoms with E-state index < -0.39 is 5.97 Å². The van der Waals surface area contributed by atoms with Gasteiger partial charge in [-0.25, -0.2) is 9.37 Å². The van der Waals surface area contributed by atoms with Crippen LogP contribution in [0.1, 0.15) is 36.4 Å². The number of halogens is 2. The van der Waals surface area contributed by atoms with Gasteiger partial charge in [-0.3, -0.25) is 4.79 Å². The largest absolute Gasteiger partial charge is 0.481 e. The fourth-order valence-corrected chi connectivity index (χ4v) is 3.38. The van der Waals surface area contributed by atoms with Gasteiger partial charge in [-0.15, -0.1) is 0 Å². The molecule has 1 heterocycles. The standard InChI is InChI=1S/C23H23ClFN3O3/c24-19-5-3-4-17(14-19)15-21(28-12-11-26-16-28)23(18-7-9-20(25)10-8-18)27-31-13-2-1-6-22(29)30/h3-5,7-12,14,16,21H,1-2,6,13,15H2,(H,29,30)/b27-23+. The molecule has 162 valence electrons. The van der Waals surface area contributed by atoms with Gasteiger partial charge >= 0.3 is 5.97 Å². The van der Waals surface area contributed by atoms with Gasteiger partial charge in [-0.05, 0) is 49.1 Å². The van der Waals surface area contributed by atoms with Crippen LogP contribution in [0.15, 0.2) is 72.4 Å². The summed E-state index contributed by atoms with van der Waals surface area (Å²) < 4.78 is 15.4. The van der Waals surface area contributed by atoms with Crippen LogP contribution in [0.3, 0.4) is 0 Å². The molecule has 0 aliphatic heterocycles. The van der Waals surface area contributed by atoms with E-state index in [4.69, 9.17) is 21.5 Å². The molecule has 1 atom stereocenters.